The molecule has 0 saturated heterocycles. The average Bonchev–Trinajstić information content (AvgIpc) is 2.90. The lowest BCUT2D eigenvalue weighted by atomic mass is 10.2. The third-order valence-corrected chi connectivity index (χ3v) is 3.82. The molecule has 0 aliphatic rings. The van der Waals surface area contributed by atoms with E-state index in [-0.39, 0.29) is 23.7 Å². The maximum Gasteiger partial charge on any atom is 0.267 e. The molecule has 0 aliphatic heterocycles. The van der Waals surface area contributed by atoms with Crippen molar-refractivity contribution in [1.29, 1.82) is 0 Å². The summed E-state index contributed by atoms with van der Waals surface area (Å²) in [6.07, 6.45) is 1.29. The highest BCUT2D eigenvalue weighted by molar-refractivity contribution is 9.10. The molecule has 2 heterocycles. The molecule has 118 valence electrons. The van der Waals surface area contributed by atoms with Crippen molar-refractivity contribution < 1.29 is 9.32 Å². The maximum atomic E-state index is 12.3. The van der Waals surface area contributed by atoms with Gasteiger partial charge in [0, 0.05) is 11.0 Å². The predicted molar refractivity (Wildman–Crippen MR) is 86.8 cm³/mol. The second-order valence-corrected chi connectivity index (χ2v) is 5.95. The molecule has 0 saturated carbocycles. The number of hydrogen-bond acceptors (Lipinski definition) is 5. The molecule has 23 heavy (non-hydrogen) atoms. The van der Waals surface area contributed by atoms with E-state index in [0.717, 1.165) is 10.0 Å². The van der Waals surface area contributed by atoms with Gasteiger partial charge in [-0.25, -0.2) is 4.98 Å². The number of fused-ring (bicyclic) bond motifs is 1. The molecule has 0 bridgehead atoms. The molecule has 0 unspecified atom stereocenters. The molecule has 3 aromatic rings. The smallest absolute Gasteiger partial charge is 0.267 e. The van der Waals surface area contributed by atoms with Gasteiger partial charge >= 0.3 is 0 Å². The minimum Gasteiger partial charge on any atom is -0.350 e. The van der Waals surface area contributed by atoms with Gasteiger partial charge in [0.15, 0.2) is 0 Å². The van der Waals surface area contributed by atoms with Gasteiger partial charge in [-0.1, -0.05) is 33.2 Å². The summed E-state index contributed by atoms with van der Waals surface area (Å²) >= 11 is 3.38. The Balaban J connectivity index is 1.72. The Kier molecular flexibility index (Phi) is 4.24. The van der Waals surface area contributed by atoms with Gasteiger partial charge < -0.3 is 9.84 Å². The van der Waals surface area contributed by atoms with Crippen LogP contribution < -0.4 is 10.9 Å². The summed E-state index contributed by atoms with van der Waals surface area (Å²) in [6.45, 7) is 1.93. The van der Waals surface area contributed by atoms with E-state index < -0.39 is 0 Å². The lowest BCUT2D eigenvalue weighted by molar-refractivity contribution is -0.121. The summed E-state index contributed by atoms with van der Waals surface area (Å²) < 4.78 is 7.11. The van der Waals surface area contributed by atoms with E-state index in [1.54, 1.807) is 6.92 Å². The summed E-state index contributed by atoms with van der Waals surface area (Å²) in [5, 5.41) is 6.78. The fraction of sp³-hybridized carbons (Fsp3) is 0.200. The first-order valence-electron chi connectivity index (χ1n) is 6.87. The van der Waals surface area contributed by atoms with Crippen LogP contribution in [0.5, 0.6) is 0 Å². The van der Waals surface area contributed by atoms with E-state index in [9.17, 15) is 9.59 Å². The summed E-state index contributed by atoms with van der Waals surface area (Å²) in [7, 11) is 0. The van der Waals surface area contributed by atoms with Gasteiger partial charge in [-0.3, -0.25) is 14.2 Å². The number of benzene rings is 1. The third-order valence-electron chi connectivity index (χ3n) is 3.33. The Morgan fingerprint density at radius 3 is 3.04 bits per heavy atom. The van der Waals surface area contributed by atoms with Crippen LogP contribution in [0.1, 0.15) is 11.3 Å². The average molecular weight is 377 g/mol. The minimum atomic E-state index is -0.341. The van der Waals surface area contributed by atoms with Gasteiger partial charge in [-0.2, -0.15) is 0 Å². The first kappa shape index (κ1) is 15.4. The molecule has 2 aromatic heterocycles. The molecule has 1 N–H and O–H groups in total. The van der Waals surface area contributed by atoms with Crippen LogP contribution in [-0.4, -0.2) is 20.6 Å². The highest BCUT2D eigenvalue weighted by Crippen LogP contribution is 2.11. The molecule has 8 heteroatoms. The van der Waals surface area contributed by atoms with Crippen molar-refractivity contribution in [2.24, 2.45) is 0 Å². The van der Waals surface area contributed by atoms with Crippen LogP contribution in [0.3, 0.4) is 0 Å². The highest BCUT2D eigenvalue weighted by Gasteiger charge is 2.13. The van der Waals surface area contributed by atoms with Crippen molar-refractivity contribution in [2.45, 2.75) is 20.0 Å². The van der Waals surface area contributed by atoms with Crippen molar-refractivity contribution >= 4 is 32.9 Å². The van der Waals surface area contributed by atoms with Crippen LogP contribution in [0.25, 0.3) is 11.1 Å². The number of aryl methyl sites for hydroxylation is 1. The number of carbonyl (C=O) groups excluding carboxylic acids is 1. The van der Waals surface area contributed by atoms with E-state index in [1.807, 2.05) is 24.3 Å². The van der Waals surface area contributed by atoms with E-state index in [4.69, 9.17) is 4.52 Å². The molecule has 3 rings (SSSR count). The van der Waals surface area contributed by atoms with E-state index in [2.05, 4.69) is 31.4 Å². The van der Waals surface area contributed by atoms with Crippen molar-refractivity contribution in [1.82, 2.24) is 20.0 Å². The molecular weight excluding hydrogens is 364 g/mol. The SMILES string of the molecule is Cc1noc2ncn(CC(=O)NCc3cccc(Br)c3)c(=O)c12. The molecule has 0 atom stereocenters. The Morgan fingerprint density at radius 2 is 2.26 bits per heavy atom. The number of hydrogen-bond donors (Lipinski definition) is 1. The minimum absolute atomic E-state index is 0.111. The molecule has 0 radical (unpaired) electrons. The van der Waals surface area contributed by atoms with Crippen molar-refractivity contribution in [3.8, 4) is 0 Å². The van der Waals surface area contributed by atoms with Gasteiger partial charge in [0.1, 0.15) is 18.3 Å². The number of nitrogens with zero attached hydrogens (tertiary/aromatic N) is 3. The topological polar surface area (TPSA) is 90.0 Å². The van der Waals surface area contributed by atoms with Crippen molar-refractivity contribution in [3.63, 3.8) is 0 Å². The van der Waals surface area contributed by atoms with E-state index in [1.165, 1.54) is 10.9 Å². The summed E-state index contributed by atoms with van der Waals surface area (Å²) in [5.41, 5.74) is 1.26. The van der Waals surface area contributed by atoms with Gasteiger partial charge in [0.05, 0.1) is 5.69 Å². The van der Waals surface area contributed by atoms with Crippen LogP contribution in [0, 0.1) is 6.92 Å². The first-order chi connectivity index (χ1) is 11.0. The summed E-state index contributed by atoms with van der Waals surface area (Å²) in [4.78, 5) is 28.3. The Morgan fingerprint density at radius 1 is 1.43 bits per heavy atom. The molecule has 0 fully saturated rings. The van der Waals surface area contributed by atoms with Crippen LogP contribution in [0.4, 0.5) is 0 Å². The van der Waals surface area contributed by atoms with E-state index in [0.29, 0.717) is 17.6 Å². The van der Waals surface area contributed by atoms with Gasteiger partial charge in [-0.05, 0) is 24.6 Å². The monoisotopic (exact) mass is 376 g/mol. The van der Waals surface area contributed by atoms with Crippen LogP contribution in [0.15, 0.2) is 44.4 Å². The summed E-state index contributed by atoms with van der Waals surface area (Å²) in [6, 6.07) is 7.63. The fourth-order valence-corrected chi connectivity index (χ4v) is 2.63. The molecule has 1 amide bonds. The Bertz CT molecular complexity index is 932. The molecule has 1 aromatic carbocycles. The molecule has 7 nitrogen and oxygen atoms in total. The number of halogens is 1. The number of aromatic nitrogens is 3. The van der Waals surface area contributed by atoms with Crippen LogP contribution >= 0.6 is 15.9 Å². The number of nitrogens with one attached hydrogen (secondary N) is 1. The second kappa shape index (κ2) is 6.33. The Labute approximate surface area is 139 Å². The number of carbonyl (C=O) groups is 1. The molecule has 0 spiro atoms. The third kappa shape index (κ3) is 3.31. The quantitative estimate of drug-likeness (QED) is 0.749. The van der Waals surface area contributed by atoms with Crippen molar-refractivity contribution in [3.05, 3.63) is 56.7 Å². The fourth-order valence-electron chi connectivity index (χ4n) is 2.18. The molecule has 0 aliphatic carbocycles. The number of amides is 1. The van der Waals surface area contributed by atoms with Gasteiger partial charge in [0.2, 0.25) is 5.91 Å². The zero-order valence-electron chi connectivity index (χ0n) is 12.2. The molecular formula is C15H13BrN4O3. The number of rotatable bonds is 4. The van der Waals surface area contributed by atoms with Gasteiger partial charge in [-0.15, -0.1) is 0 Å². The lowest BCUT2D eigenvalue weighted by Crippen LogP contribution is -2.32. The van der Waals surface area contributed by atoms with Gasteiger partial charge in [0.25, 0.3) is 11.3 Å². The zero-order chi connectivity index (χ0) is 16.4. The Hall–Kier alpha value is -2.48. The van der Waals surface area contributed by atoms with Crippen LogP contribution in [-0.2, 0) is 17.9 Å². The first-order valence-corrected chi connectivity index (χ1v) is 7.66. The predicted octanol–water partition coefficient (Wildman–Crippen LogP) is 1.77. The normalized spacial score (nSPS) is 10.9. The van der Waals surface area contributed by atoms with E-state index >= 15 is 0 Å². The maximum absolute atomic E-state index is 12.3. The highest BCUT2D eigenvalue weighted by atomic mass is 79.9. The zero-order valence-corrected chi connectivity index (χ0v) is 13.8. The van der Waals surface area contributed by atoms with Crippen LogP contribution in [0.2, 0.25) is 0 Å². The summed E-state index contributed by atoms with van der Waals surface area (Å²) in [5.74, 6) is -0.276. The largest absolute Gasteiger partial charge is 0.350 e. The second-order valence-electron chi connectivity index (χ2n) is 5.03. The lowest BCUT2D eigenvalue weighted by Gasteiger charge is -2.07. The van der Waals surface area contributed by atoms with Crippen molar-refractivity contribution in [2.75, 3.05) is 0 Å². The standard InChI is InChI=1S/C15H13BrN4O3/c1-9-13-14(23-19-9)18-8-20(15(13)22)7-12(21)17-6-10-3-2-4-11(16)5-10/h2-5,8H,6-7H2,1H3,(H,17,21).